The lowest BCUT2D eigenvalue weighted by atomic mass is 10.0. The van der Waals surface area contributed by atoms with Crippen LogP contribution < -0.4 is 0 Å². The van der Waals surface area contributed by atoms with E-state index >= 15 is 0 Å². The van der Waals surface area contributed by atoms with Crippen molar-refractivity contribution in [3.63, 3.8) is 0 Å². The topological polar surface area (TPSA) is 69.6 Å². The Morgan fingerprint density at radius 1 is 0.434 bits per heavy atom. The number of thiazole rings is 1. The van der Waals surface area contributed by atoms with Crippen LogP contribution in [0.2, 0.25) is 0 Å². The average Bonchev–Trinajstić information content (AvgIpc) is 3.93. The van der Waals surface area contributed by atoms with Crippen LogP contribution in [0.3, 0.4) is 0 Å². The number of nitrogens with zero attached hydrogens (tertiary/aromatic N) is 5. The Morgan fingerprint density at radius 3 is 1.79 bits per heavy atom. The van der Waals surface area contributed by atoms with Crippen LogP contribution in [0.25, 0.3) is 104 Å². The third-order valence-corrected chi connectivity index (χ3v) is 11.0. The molecule has 0 aliphatic heterocycles. The predicted molar refractivity (Wildman–Crippen MR) is 216 cm³/mol. The van der Waals surface area contributed by atoms with Gasteiger partial charge in [-0.25, -0.2) is 19.9 Å². The maximum atomic E-state index is 6.53. The maximum absolute atomic E-state index is 6.53. The van der Waals surface area contributed by atoms with Crippen molar-refractivity contribution in [2.45, 2.75) is 0 Å². The van der Waals surface area contributed by atoms with E-state index in [1.807, 2.05) is 66.7 Å². The van der Waals surface area contributed by atoms with E-state index in [1.54, 1.807) is 11.3 Å². The molecular weight excluding hydrogens is 671 g/mol. The third-order valence-electron chi connectivity index (χ3n) is 9.91. The van der Waals surface area contributed by atoms with Crippen molar-refractivity contribution in [2.75, 3.05) is 0 Å². The largest absolute Gasteiger partial charge is 0.456 e. The van der Waals surface area contributed by atoms with E-state index in [0.29, 0.717) is 17.5 Å². The molecule has 4 heterocycles. The molecular formula is C46H27N5OS. The molecule has 248 valence electrons. The molecule has 0 spiro atoms. The van der Waals surface area contributed by atoms with E-state index in [4.69, 9.17) is 24.4 Å². The molecule has 0 fully saturated rings. The molecule has 7 aromatic carbocycles. The van der Waals surface area contributed by atoms with Crippen molar-refractivity contribution in [3.8, 4) is 50.4 Å². The average molecular weight is 698 g/mol. The molecule has 0 saturated carbocycles. The molecule has 0 N–H and O–H groups in total. The SMILES string of the molecule is c1ccc(-c2nc(-c3cccc4oc5cccc(-c6nc7ccccc7s6)c5c34)nc(-c3cccc4c3c3ccccc3n4-c3ccccc3)n2)cc1. The lowest BCUT2D eigenvalue weighted by Crippen LogP contribution is -2.01. The number of rotatable bonds is 5. The first kappa shape index (κ1) is 29.7. The van der Waals surface area contributed by atoms with Crippen LogP contribution in [-0.4, -0.2) is 24.5 Å². The van der Waals surface area contributed by atoms with Crippen LogP contribution in [0.1, 0.15) is 0 Å². The van der Waals surface area contributed by atoms with Gasteiger partial charge in [-0.15, -0.1) is 11.3 Å². The van der Waals surface area contributed by atoms with Crippen molar-refractivity contribution in [3.05, 3.63) is 164 Å². The van der Waals surface area contributed by atoms with Gasteiger partial charge < -0.3 is 8.98 Å². The maximum Gasteiger partial charge on any atom is 0.164 e. The Morgan fingerprint density at radius 2 is 1.02 bits per heavy atom. The van der Waals surface area contributed by atoms with Crippen LogP contribution >= 0.6 is 11.3 Å². The lowest BCUT2D eigenvalue weighted by molar-refractivity contribution is 0.669. The lowest BCUT2D eigenvalue weighted by Gasteiger charge is -2.11. The smallest absolute Gasteiger partial charge is 0.164 e. The zero-order valence-corrected chi connectivity index (χ0v) is 29.0. The number of fused-ring (bicyclic) bond motifs is 7. The highest BCUT2D eigenvalue weighted by atomic mass is 32.1. The number of benzene rings is 7. The minimum atomic E-state index is 0.574. The first-order valence-electron chi connectivity index (χ1n) is 17.5. The molecule has 0 atom stereocenters. The Bertz CT molecular complexity index is 3150. The van der Waals surface area contributed by atoms with E-state index in [9.17, 15) is 0 Å². The first-order valence-corrected chi connectivity index (χ1v) is 18.3. The van der Waals surface area contributed by atoms with Crippen molar-refractivity contribution >= 4 is 65.3 Å². The fraction of sp³-hybridized carbons (Fsp3) is 0. The molecule has 0 aliphatic rings. The molecule has 0 radical (unpaired) electrons. The van der Waals surface area contributed by atoms with Gasteiger partial charge in [0.15, 0.2) is 17.5 Å². The van der Waals surface area contributed by atoms with Crippen LogP contribution in [-0.2, 0) is 0 Å². The minimum absolute atomic E-state index is 0.574. The molecule has 0 aliphatic carbocycles. The van der Waals surface area contributed by atoms with Crippen molar-refractivity contribution in [1.82, 2.24) is 24.5 Å². The summed E-state index contributed by atoms with van der Waals surface area (Å²) in [4.78, 5) is 20.7. The first-order chi connectivity index (χ1) is 26.3. The van der Waals surface area contributed by atoms with Gasteiger partial charge in [-0.1, -0.05) is 115 Å². The predicted octanol–water partition coefficient (Wildman–Crippen LogP) is 12.1. The normalized spacial score (nSPS) is 11.8. The summed E-state index contributed by atoms with van der Waals surface area (Å²) in [5.41, 5.74) is 9.58. The van der Waals surface area contributed by atoms with Crippen molar-refractivity contribution in [1.29, 1.82) is 0 Å². The molecule has 11 aromatic rings. The standard InChI is InChI=1S/C46H27N5OS/c1-3-14-28(15-4-1)43-48-44(31-19-11-24-36-40(31)30-18-7-9-23-35(30)51(36)29-16-5-2-6-17-29)50-45(49-43)32-20-12-25-37-41(32)42-33(21-13-26-38(42)52-37)46-47-34-22-8-10-27-39(34)53-46/h1-27H. The zero-order chi connectivity index (χ0) is 34.9. The van der Waals surface area contributed by atoms with Gasteiger partial charge in [-0.05, 0) is 48.5 Å². The van der Waals surface area contributed by atoms with Gasteiger partial charge in [0.25, 0.3) is 0 Å². The van der Waals surface area contributed by atoms with Gasteiger partial charge in [-0.3, -0.25) is 0 Å². The molecule has 53 heavy (non-hydrogen) atoms. The monoisotopic (exact) mass is 697 g/mol. The van der Waals surface area contributed by atoms with Gasteiger partial charge >= 0.3 is 0 Å². The van der Waals surface area contributed by atoms with Gasteiger partial charge in [-0.2, -0.15) is 0 Å². The summed E-state index contributed by atoms with van der Waals surface area (Å²) in [5, 5.41) is 5.11. The number of hydrogen-bond acceptors (Lipinski definition) is 6. The number of aromatic nitrogens is 5. The summed E-state index contributed by atoms with van der Waals surface area (Å²) in [5.74, 6) is 1.78. The highest BCUT2D eigenvalue weighted by Crippen LogP contribution is 2.44. The Balaban J connectivity index is 1.20. The Labute approximate surface area is 307 Å². The van der Waals surface area contributed by atoms with E-state index in [1.165, 1.54) is 0 Å². The van der Waals surface area contributed by atoms with Crippen molar-refractivity contribution < 1.29 is 4.42 Å². The summed E-state index contributed by atoms with van der Waals surface area (Å²) in [6, 6.07) is 56.1. The van der Waals surface area contributed by atoms with Gasteiger partial charge in [0.2, 0.25) is 0 Å². The fourth-order valence-electron chi connectivity index (χ4n) is 7.61. The summed E-state index contributed by atoms with van der Waals surface area (Å²) < 4.78 is 9.99. The quantitative estimate of drug-likeness (QED) is 0.179. The minimum Gasteiger partial charge on any atom is -0.456 e. The molecule has 11 rings (SSSR count). The number of furan rings is 1. The highest BCUT2D eigenvalue weighted by Gasteiger charge is 2.23. The summed E-state index contributed by atoms with van der Waals surface area (Å²) in [7, 11) is 0. The van der Waals surface area contributed by atoms with Crippen LogP contribution in [0.5, 0.6) is 0 Å². The summed E-state index contributed by atoms with van der Waals surface area (Å²) in [6.07, 6.45) is 0. The van der Waals surface area contributed by atoms with Crippen molar-refractivity contribution in [2.24, 2.45) is 0 Å². The molecule has 6 nitrogen and oxygen atoms in total. The fourth-order valence-corrected chi connectivity index (χ4v) is 8.61. The summed E-state index contributed by atoms with van der Waals surface area (Å²) in [6.45, 7) is 0. The van der Waals surface area contributed by atoms with Gasteiger partial charge in [0.05, 0.1) is 21.3 Å². The highest BCUT2D eigenvalue weighted by molar-refractivity contribution is 7.21. The second kappa shape index (κ2) is 11.8. The number of para-hydroxylation sites is 3. The van der Waals surface area contributed by atoms with Gasteiger partial charge in [0, 0.05) is 49.5 Å². The Kier molecular flexibility index (Phi) is 6.62. The third kappa shape index (κ3) is 4.71. The Hall–Kier alpha value is -6.96. The van der Waals surface area contributed by atoms with E-state index in [2.05, 4.69) is 102 Å². The van der Waals surface area contributed by atoms with E-state index < -0.39 is 0 Å². The van der Waals surface area contributed by atoms with Crippen LogP contribution in [0, 0.1) is 0 Å². The second-order valence-corrected chi connectivity index (χ2v) is 14.0. The molecule has 4 aromatic heterocycles. The molecule has 7 heteroatoms. The van der Waals surface area contributed by atoms with Gasteiger partial charge in [0.1, 0.15) is 16.2 Å². The van der Waals surface area contributed by atoms with Crippen LogP contribution in [0.4, 0.5) is 0 Å². The molecule has 0 bridgehead atoms. The molecule has 0 unspecified atom stereocenters. The van der Waals surface area contributed by atoms with E-state index in [0.717, 1.165) is 86.9 Å². The summed E-state index contributed by atoms with van der Waals surface area (Å²) >= 11 is 1.68. The zero-order valence-electron chi connectivity index (χ0n) is 28.1. The number of hydrogen-bond donors (Lipinski definition) is 0. The second-order valence-electron chi connectivity index (χ2n) is 13.0. The molecule has 0 amide bonds. The van der Waals surface area contributed by atoms with Crippen LogP contribution in [0.15, 0.2) is 168 Å². The molecule has 0 saturated heterocycles. The van der Waals surface area contributed by atoms with E-state index in [-0.39, 0.29) is 0 Å².